The molecule has 2 rings (SSSR count). The van der Waals surface area contributed by atoms with Crippen molar-refractivity contribution in [3.8, 4) is 11.3 Å². The van der Waals surface area contributed by atoms with E-state index in [1.807, 2.05) is 24.6 Å². The normalized spacial score (nSPS) is 10.7. The summed E-state index contributed by atoms with van der Waals surface area (Å²) in [7, 11) is 1.94. The topological polar surface area (TPSA) is 55.1 Å². The third-order valence-electron chi connectivity index (χ3n) is 3.22. The smallest absolute Gasteiger partial charge is 0.303 e. The number of carboxylic acids is 1. The molecule has 0 aliphatic heterocycles. The molecule has 1 aromatic carbocycles. The largest absolute Gasteiger partial charge is 0.481 e. The minimum Gasteiger partial charge on any atom is -0.481 e. The molecule has 0 aliphatic carbocycles. The van der Waals surface area contributed by atoms with Gasteiger partial charge in [-0.1, -0.05) is 23.8 Å². The monoisotopic (exact) mass is 258 g/mol. The summed E-state index contributed by atoms with van der Waals surface area (Å²) in [6.07, 6.45) is 0.566. The Morgan fingerprint density at radius 3 is 2.74 bits per heavy atom. The Kier molecular flexibility index (Phi) is 3.69. The van der Waals surface area contributed by atoms with Crippen LogP contribution < -0.4 is 0 Å². The van der Waals surface area contributed by atoms with Crippen molar-refractivity contribution in [2.24, 2.45) is 7.05 Å². The minimum absolute atomic E-state index is 0.109. The summed E-state index contributed by atoms with van der Waals surface area (Å²) < 4.78 is 1.99. The highest BCUT2D eigenvalue weighted by Crippen LogP contribution is 2.25. The molecule has 0 unspecified atom stereocenters. The first-order chi connectivity index (χ1) is 8.99. The zero-order valence-corrected chi connectivity index (χ0v) is 11.5. The summed E-state index contributed by atoms with van der Waals surface area (Å²) in [6.45, 7) is 4.02. The lowest BCUT2D eigenvalue weighted by molar-refractivity contribution is -0.137. The molecule has 0 spiro atoms. The van der Waals surface area contributed by atoms with Gasteiger partial charge in [-0.05, 0) is 19.9 Å². The zero-order chi connectivity index (χ0) is 14.0. The van der Waals surface area contributed by atoms with Crippen LogP contribution in [0.15, 0.2) is 24.3 Å². The number of imidazole rings is 1. The Balaban J connectivity index is 2.39. The molecule has 0 saturated carbocycles. The number of aliphatic carboxylic acids is 1. The van der Waals surface area contributed by atoms with Crippen LogP contribution in [0.5, 0.6) is 0 Å². The summed E-state index contributed by atoms with van der Waals surface area (Å²) in [6, 6.07) is 8.25. The first-order valence-corrected chi connectivity index (χ1v) is 6.30. The lowest BCUT2D eigenvalue weighted by atomic mass is 10.1. The Morgan fingerprint density at radius 1 is 1.37 bits per heavy atom. The Labute approximate surface area is 112 Å². The maximum atomic E-state index is 10.7. The average molecular weight is 258 g/mol. The van der Waals surface area contributed by atoms with Crippen molar-refractivity contribution in [3.63, 3.8) is 0 Å². The third kappa shape index (κ3) is 2.84. The number of hydrogen-bond acceptors (Lipinski definition) is 2. The molecule has 0 aliphatic rings. The predicted molar refractivity (Wildman–Crippen MR) is 74.1 cm³/mol. The van der Waals surface area contributed by atoms with E-state index in [9.17, 15) is 4.79 Å². The molecular weight excluding hydrogens is 240 g/mol. The van der Waals surface area contributed by atoms with Crippen LogP contribution in [0.3, 0.4) is 0 Å². The standard InChI is InChI=1S/C15H18N2O2/c1-10-5-4-6-12(9-10)15-11(2)16-13(17(15)3)7-8-14(18)19/h4-6,9H,7-8H2,1-3H3,(H,18,19). The molecule has 2 aromatic rings. The van der Waals surface area contributed by atoms with Crippen LogP contribution >= 0.6 is 0 Å². The average Bonchev–Trinajstić information content (AvgIpc) is 2.62. The van der Waals surface area contributed by atoms with Gasteiger partial charge in [0.15, 0.2) is 0 Å². The van der Waals surface area contributed by atoms with Gasteiger partial charge in [-0.3, -0.25) is 4.79 Å². The fraction of sp³-hybridized carbons (Fsp3) is 0.333. The molecule has 1 aromatic heterocycles. The van der Waals surface area contributed by atoms with Crippen molar-refractivity contribution in [2.45, 2.75) is 26.7 Å². The van der Waals surface area contributed by atoms with Crippen molar-refractivity contribution < 1.29 is 9.90 Å². The number of carbonyl (C=O) groups is 1. The van der Waals surface area contributed by atoms with Crippen LogP contribution in [0, 0.1) is 13.8 Å². The third-order valence-corrected chi connectivity index (χ3v) is 3.22. The zero-order valence-electron chi connectivity index (χ0n) is 11.5. The highest BCUT2D eigenvalue weighted by Gasteiger charge is 2.14. The summed E-state index contributed by atoms with van der Waals surface area (Å²) >= 11 is 0. The Morgan fingerprint density at radius 2 is 2.11 bits per heavy atom. The molecule has 0 bridgehead atoms. The summed E-state index contributed by atoms with van der Waals surface area (Å²) in [5.74, 6) is 0.0224. The number of aromatic nitrogens is 2. The van der Waals surface area contributed by atoms with E-state index in [-0.39, 0.29) is 6.42 Å². The van der Waals surface area contributed by atoms with Crippen LogP contribution in [0.1, 0.15) is 23.5 Å². The number of benzene rings is 1. The van der Waals surface area contributed by atoms with Crippen LogP contribution in [-0.4, -0.2) is 20.6 Å². The van der Waals surface area contributed by atoms with Crippen molar-refractivity contribution in [2.75, 3.05) is 0 Å². The molecule has 0 radical (unpaired) electrons. The fourth-order valence-electron chi connectivity index (χ4n) is 2.33. The van der Waals surface area contributed by atoms with E-state index in [0.717, 1.165) is 22.8 Å². The highest BCUT2D eigenvalue weighted by atomic mass is 16.4. The van der Waals surface area contributed by atoms with Gasteiger partial charge in [0.1, 0.15) is 5.82 Å². The SMILES string of the molecule is Cc1cccc(-c2c(C)nc(CCC(=O)O)n2C)c1. The van der Waals surface area contributed by atoms with Gasteiger partial charge in [-0.25, -0.2) is 4.98 Å². The number of aryl methyl sites for hydroxylation is 3. The van der Waals surface area contributed by atoms with E-state index in [0.29, 0.717) is 6.42 Å². The second kappa shape index (κ2) is 5.26. The second-order valence-electron chi connectivity index (χ2n) is 4.78. The lowest BCUT2D eigenvalue weighted by Gasteiger charge is -2.07. The lowest BCUT2D eigenvalue weighted by Crippen LogP contribution is -2.04. The van der Waals surface area contributed by atoms with Gasteiger partial charge in [-0.15, -0.1) is 0 Å². The van der Waals surface area contributed by atoms with Gasteiger partial charge in [0, 0.05) is 19.0 Å². The van der Waals surface area contributed by atoms with Crippen LogP contribution in [-0.2, 0) is 18.3 Å². The van der Waals surface area contributed by atoms with Crippen molar-refractivity contribution >= 4 is 5.97 Å². The molecular formula is C15H18N2O2. The summed E-state index contributed by atoms with van der Waals surface area (Å²) in [5.41, 5.74) is 4.32. The van der Waals surface area contributed by atoms with Gasteiger partial charge in [-0.2, -0.15) is 0 Å². The van der Waals surface area contributed by atoms with Crippen molar-refractivity contribution in [3.05, 3.63) is 41.3 Å². The quantitative estimate of drug-likeness (QED) is 0.917. The van der Waals surface area contributed by atoms with E-state index in [4.69, 9.17) is 5.11 Å². The summed E-state index contributed by atoms with van der Waals surface area (Å²) in [4.78, 5) is 15.1. The molecule has 4 nitrogen and oxygen atoms in total. The molecule has 19 heavy (non-hydrogen) atoms. The molecule has 0 atom stereocenters. The van der Waals surface area contributed by atoms with Crippen molar-refractivity contribution in [1.29, 1.82) is 0 Å². The molecule has 1 heterocycles. The van der Waals surface area contributed by atoms with Crippen LogP contribution in [0.2, 0.25) is 0 Å². The Hall–Kier alpha value is -2.10. The number of carboxylic acid groups (broad SMARTS) is 1. The minimum atomic E-state index is -0.794. The molecule has 100 valence electrons. The fourth-order valence-corrected chi connectivity index (χ4v) is 2.33. The van der Waals surface area contributed by atoms with Gasteiger partial charge in [0.2, 0.25) is 0 Å². The van der Waals surface area contributed by atoms with Crippen LogP contribution in [0.25, 0.3) is 11.3 Å². The summed E-state index contributed by atoms with van der Waals surface area (Å²) in [5, 5.41) is 8.76. The van der Waals surface area contributed by atoms with E-state index < -0.39 is 5.97 Å². The van der Waals surface area contributed by atoms with Gasteiger partial charge < -0.3 is 9.67 Å². The van der Waals surface area contributed by atoms with E-state index in [2.05, 4.69) is 30.1 Å². The maximum Gasteiger partial charge on any atom is 0.303 e. The first kappa shape index (κ1) is 13.3. The second-order valence-corrected chi connectivity index (χ2v) is 4.78. The highest BCUT2D eigenvalue weighted by molar-refractivity contribution is 5.67. The first-order valence-electron chi connectivity index (χ1n) is 6.30. The molecule has 0 fully saturated rings. The van der Waals surface area contributed by atoms with Gasteiger partial charge in [0.05, 0.1) is 17.8 Å². The molecule has 4 heteroatoms. The van der Waals surface area contributed by atoms with Gasteiger partial charge >= 0.3 is 5.97 Å². The van der Waals surface area contributed by atoms with Crippen molar-refractivity contribution in [1.82, 2.24) is 9.55 Å². The van der Waals surface area contributed by atoms with E-state index in [1.54, 1.807) is 0 Å². The number of nitrogens with zero attached hydrogens (tertiary/aromatic N) is 2. The van der Waals surface area contributed by atoms with E-state index in [1.165, 1.54) is 5.56 Å². The molecule has 1 N–H and O–H groups in total. The van der Waals surface area contributed by atoms with Crippen LogP contribution in [0.4, 0.5) is 0 Å². The Bertz CT molecular complexity index is 615. The predicted octanol–water partition coefficient (Wildman–Crippen LogP) is 2.72. The molecule has 0 amide bonds. The van der Waals surface area contributed by atoms with E-state index >= 15 is 0 Å². The number of rotatable bonds is 4. The number of hydrogen-bond donors (Lipinski definition) is 1. The molecule has 0 saturated heterocycles. The maximum absolute atomic E-state index is 10.7. The van der Waals surface area contributed by atoms with Gasteiger partial charge in [0.25, 0.3) is 0 Å².